The monoisotopic (exact) mass is 185 g/mol. The van der Waals surface area contributed by atoms with E-state index in [0.29, 0.717) is 5.57 Å². The summed E-state index contributed by atoms with van der Waals surface area (Å²) in [4.78, 5) is 10.8. The SMILES string of the molecule is N#CC1(C(=O)O)C=C1c1ccccc1. The molecule has 0 saturated carbocycles. The van der Waals surface area contributed by atoms with Crippen LogP contribution in [-0.2, 0) is 4.79 Å². The van der Waals surface area contributed by atoms with E-state index in [9.17, 15) is 4.79 Å². The molecule has 1 N–H and O–H groups in total. The number of nitrogens with zero attached hydrogens (tertiary/aromatic N) is 1. The number of carbonyl (C=O) groups is 1. The Morgan fingerprint density at radius 3 is 2.43 bits per heavy atom. The number of hydrogen-bond acceptors (Lipinski definition) is 2. The van der Waals surface area contributed by atoms with Gasteiger partial charge >= 0.3 is 5.97 Å². The zero-order valence-electron chi connectivity index (χ0n) is 7.27. The Labute approximate surface area is 80.9 Å². The first kappa shape index (κ1) is 8.52. The van der Waals surface area contributed by atoms with Crippen molar-refractivity contribution < 1.29 is 9.90 Å². The van der Waals surface area contributed by atoms with Crippen LogP contribution in [-0.4, -0.2) is 11.1 Å². The maximum Gasteiger partial charge on any atom is 0.332 e. The first-order chi connectivity index (χ1) is 6.70. The molecule has 1 aliphatic carbocycles. The van der Waals surface area contributed by atoms with Gasteiger partial charge in [-0.2, -0.15) is 5.26 Å². The molecule has 0 aliphatic heterocycles. The molecule has 0 saturated heterocycles. The van der Waals surface area contributed by atoms with Gasteiger partial charge in [0.2, 0.25) is 0 Å². The highest BCUT2D eigenvalue weighted by atomic mass is 16.4. The fourth-order valence-electron chi connectivity index (χ4n) is 1.43. The van der Waals surface area contributed by atoms with Crippen molar-refractivity contribution in [3.63, 3.8) is 0 Å². The van der Waals surface area contributed by atoms with Crippen LogP contribution < -0.4 is 0 Å². The number of nitriles is 1. The molecule has 0 radical (unpaired) electrons. The van der Waals surface area contributed by atoms with Crippen molar-refractivity contribution in [3.8, 4) is 6.07 Å². The molecule has 0 bridgehead atoms. The van der Waals surface area contributed by atoms with E-state index in [1.165, 1.54) is 6.08 Å². The number of rotatable bonds is 2. The van der Waals surface area contributed by atoms with Crippen molar-refractivity contribution in [2.45, 2.75) is 0 Å². The molecule has 0 fully saturated rings. The molecule has 3 nitrogen and oxygen atoms in total. The van der Waals surface area contributed by atoms with Crippen molar-refractivity contribution in [2.24, 2.45) is 5.41 Å². The van der Waals surface area contributed by atoms with Gasteiger partial charge in [0.05, 0.1) is 6.07 Å². The van der Waals surface area contributed by atoms with Crippen LogP contribution in [0, 0.1) is 16.7 Å². The highest BCUT2D eigenvalue weighted by molar-refractivity contribution is 6.08. The average molecular weight is 185 g/mol. The topological polar surface area (TPSA) is 61.1 Å². The molecule has 1 aromatic rings. The molecule has 1 atom stereocenters. The van der Waals surface area contributed by atoms with E-state index in [2.05, 4.69) is 0 Å². The van der Waals surface area contributed by atoms with Gasteiger partial charge in [-0.1, -0.05) is 30.3 Å². The summed E-state index contributed by atoms with van der Waals surface area (Å²) in [6, 6.07) is 10.9. The summed E-state index contributed by atoms with van der Waals surface area (Å²) in [5, 5.41) is 17.6. The quantitative estimate of drug-likeness (QED) is 0.762. The van der Waals surface area contributed by atoms with Crippen LogP contribution in [0.2, 0.25) is 0 Å². The van der Waals surface area contributed by atoms with Gasteiger partial charge in [0, 0.05) is 0 Å². The molecular formula is C11H7NO2. The molecule has 1 aliphatic rings. The summed E-state index contributed by atoms with van der Waals surface area (Å²) in [5.74, 6) is -1.10. The van der Waals surface area contributed by atoms with E-state index in [1.807, 2.05) is 24.3 Å². The molecule has 1 unspecified atom stereocenters. The van der Waals surface area contributed by atoms with E-state index >= 15 is 0 Å². The molecule has 0 amide bonds. The maximum atomic E-state index is 10.8. The van der Waals surface area contributed by atoms with Crippen molar-refractivity contribution in [3.05, 3.63) is 42.0 Å². The number of hydrogen-bond donors (Lipinski definition) is 1. The Kier molecular flexibility index (Phi) is 1.65. The summed E-state index contributed by atoms with van der Waals surface area (Å²) >= 11 is 0. The first-order valence-corrected chi connectivity index (χ1v) is 4.14. The Hall–Kier alpha value is -2.08. The van der Waals surface area contributed by atoms with Gasteiger partial charge in [-0.15, -0.1) is 0 Å². The fraction of sp³-hybridized carbons (Fsp3) is 0.0909. The number of benzene rings is 1. The molecule has 1 aromatic carbocycles. The van der Waals surface area contributed by atoms with E-state index in [4.69, 9.17) is 10.4 Å². The molecule has 3 heteroatoms. The lowest BCUT2D eigenvalue weighted by Gasteiger charge is -2.02. The highest BCUT2D eigenvalue weighted by Crippen LogP contribution is 2.50. The number of carboxylic acids is 1. The zero-order valence-corrected chi connectivity index (χ0v) is 7.27. The highest BCUT2D eigenvalue weighted by Gasteiger charge is 2.52. The Morgan fingerprint density at radius 1 is 1.36 bits per heavy atom. The molecule has 2 rings (SSSR count). The van der Waals surface area contributed by atoms with E-state index < -0.39 is 11.4 Å². The van der Waals surface area contributed by atoms with Crippen LogP contribution in [0.3, 0.4) is 0 Å². The third-order valence-electron chi connectivity index (χ3n) is 2.30. The summed E-state index contributed by atoms with van der Waals surface area (Å²) in [7, 11) is 0. The lowest BCUT2D eigenvalue weighted by atomic mass is 9.98. The van der Waals surface area contributed by atoms with E-state index in [0.717, 1.165) is 5.56 Å². The van der Waals surface area contributed by atoms with Gasteiger partial charge in [-0.25, -0.2) is 4.79 Å². The van der Waals surface area contributed by atoms with Gasteiger partial charge in [-0.3, -0.25) is 0 Å². The Balaban J connectivity index is 2.32. The number of aliphatic carboxylic acids is 1. The smallest absolute Gasteiger partial charge is 0.332 e. The van der Waals surface area contributed by atoms with Gasteiger partial charge in [0.1, 0.15) is 0 Å². The Morgan fingerprint density at radius 2 is 2.00 bits per heavy atom. The Bertz CT molecular complexity index is 456. The summed E-state index contributed by atoms with van der Waals surface area (Å²) in [5.41, 5.74) is 0.0194. The fourth-order valence-corrected chi connectivity index (χ4v) is 1.43. The molecule has 14 heavy (non-hydrogen) atoms. The van der Waals surface area contributed by atoms with Crippen molar-refractivity contribution in [1.29, 1.82) is 5.26 Å². The van der Waals surface area contributed by atoms with Crippen molar-refractivity contribution in [1.82, 2.24) is 0 Å². The van der Waals surface area contributed by atoms with Crippen LogP contribution in [0.15, 0.2) is 36.4 Å². The lowest BCUT2D eigenvalue weighted by Crippen LogP contribution is -2.15. The predicted molar refractivity (Wildman–Crippen MR) is 50.1 cm³/mol. The van der Waals surface area contributed by atoms with Crippen molar-refractivity contribution >= 4 is 11.5 Å². The van der Waals surface area contributed by atoms with Gasteiger partial charge in [0.15, 0.2) is 5.41 Å². The van der Waals surface area contributed by atoms with Crippen LogP contribution in [0.4, 0.5) is 0 Å². The molecule has 0 spiro atoms. The molecule has 68 valence electrons. The molecule has 0 aromatic heterocycles. The minimum absolute atomic E-state index is 0.591. The minimum atomic E-state index is -1.37. The van der Waals surface area contributed by atoms with E-state index in [1.54, 1.807) is 12.1 Å². The van der Waals surface area contributed by atoms with Crippen LogP contribution in [0.25, 0.3) is 5.57 Å². The second-order valence-corrected chi connectivity index (χ2v) is 3.15. The number of carboxylic acid groups (broad SMARTS) is 1. The second kappa shape index (κ2) is 2.71. The summed E-state index contributed by atoms with van der Waals surface area (Å²) in [6.45, 7) is 0. The lowest BCUT2D eigenvalue weighted by molar-refractivity contribution is -0.139. The third kappa shape index (κ3) is 1.01. The maximum absolute atomic E-state index is 10.8. The second-order valence-electron chi connectivity index (χ2n) is 3.15. The van der Waals surface area contributed by atoms with Crippen molar-refractivity contribution in [2.75, 3.05) is 0 Å². The van der Waals surface area contributed by atoms with Crippen LogP contribution in [0.5, 0.6) is 0 Å². The minimum Gasteiger partial charge on any atom is -0.480 e. The standard InChI is InChI=1S/C11H7NO2/c12-7-11(10(13)14)6-9(11)8-4-2-1-3-5-8/h1-6H,(H,13,14). The normalized spacial score (nSPS) is 23.5. The van der Waals surface area contributed by atoms with Gasteiger partial charge in [-0.05, 0) is 17.2 Å². The van der Waals surface area contributed by atoms with Gasteiger partial charge in [0.25, 0.3) is 0 Å². The van der Waals surface area contributed by atoms with Crippen LogP contribution >= 0.6 is 0 Å². The van der Waals surface area contributed by atoms with Crippen LogP contribution in [0.1, 0.15) is 5.56 Å². The average Bonchev–Trinajstić information content (AvgIpc) is 2.95. The summed E-state index contributed by atoms with van der Waals surface area (Å²) in [6.07, 6.45) is 1.48. The predicted octanol–water partition coefficient (Wildman–Crippen LogP) is 1.68. The van der Waals surface area contributed by atoms with Gasteiger partial charge < -0.3 is 5.11 Å². The van der Waals surface area contributed by atoms with E-state index in [-0.39, 0.29) is 0 Å². The molecule has 0 heterocycles. The summed E-state index contributed by atoms with van der Waals surface area (Å²) < 4.78 is 0. The largest absolute Gasteiger partial charge is 0.480 e. The third-order valence-corrected chi connectivity index (χ3v) is 2.30. The first-order valence-electron chi connectivity index (χ1n) is 4.14. The molecular weight excluding hydrogens is 178 g/mol. The zero-order chi connectivity index (χ0) is 10.2.